The summed E-state index contributed by atoms with van der Waals surface area (Å²) in [5, 5.41) is 22.0. The molecule has 68 heavy (non-hydrogen) atoms. The quantitative estimate of drug-likeness (QED) is 0.161. The van der Waals surface area contributed by atoms with E-state index < -0.39 is 0 Å². The van der Waals surface area contributed by atoms with Gasteiger partial charge in [-0.25, -0.2) is 19.6 Å². The van der Waals surface area contributed by atoms with E-state index in [0.717, 1.165) is 113 Å². The van der Waals surface area contributed by atoms with E-state index in [1.165, 1.54) is 33.1 Å². The van der Waals surface area contributed by atoms with Crippen LogP contribution in [-0.4, -0.2) is 171 Å². The Hall–Kier alpha value is -7.32. The van der Waals surface area contributed by atoms with Crippen LogP contribution in [0.1, 0.15) is 67.9 Å². The molecule has 8 heterocycles. The van der Waals surface area contributed by atoms with Crippen molar-refractivity contribution in [2.75, 3.05) is 65.4 Å². The fourth-order valence-electron chi connectivity index (χ4n) is 8.97. The first-order valence-corrected chi connectivity index (χ1v) is 23.1. The second-order valence-corrected chi connectivity index (χ2v) is 17.7. The highest BCUT2D eigenvalue weighted by Gasteiger charge is 2.27. The minimum absolute atomic E-state index is 0.0689. The van der Waals surface area contributed by atoms with E-state index in [0.29, 0.717) is 35.6 Å². The molecule has 10 rings (SSSR count). The van der Waals surface area contributed by atoms with Crippen molar-refractivity contribution in [1.82, 2.24) is 70.0 Å². The summed E-state index contributed by atoms with van der Waals surface area (Å²) in [5.41, 5.74) is 7.75. The molecule has 20 nitrogen and oxygen atoms in total. The number of tetrazole rings is 2. The van der Waals surface area contributed by atoms with Crippen LogP contribution in [0, 0.1) is 0 Å². The lowest BCUT2D eigenvalue weighted by Crippen LogP contribution is -2.49. The van der Waals surface area contributed by atoms with Crippen LogP contribution in [0.5, 0.6) is 0 Å². The Labute approximate surface area is 393 Å². The molecule has 4 aliphatic heterocycles. The molecule has 0 N–H and O–H groups in total. The molecule has 4 aromatic heterocycles. The molecule has 1 unspecified atom stereocenters. The lowest BCUT2D eigenvalue weighted by Gasteiger charge is -2.35. The summed E-state index contributed by atoms with van der Waals surface area (Å²) in [4.78, 5) is 66.8. The molecule has 4 aliphatic rings. The summed E-state index contributed by atoms with van der Waals surface area (Å²) in [6.45, 7) is 12.1. The summed E-state index contributed by atoms with van der Waals surface area (Å²) >= 11 is 0. The van der Waals surface area contributed by atoms with Crippen LogP contribution in [0.3, 0.4) is 0 Å². The Bertz CT molecular complexity index is 2500. The average molecular weight is 923 g/mol. The molecule has 2 atom stereocenters. The van der Waals surface area contributed by atoms with Gasteiger partial charge in [0.1, 0.15) is 24.9 Å². The number of amides is 2. The van der Waals surface area contributed by atoms with E-state index in [9.17, 15) is 19.2 Å². The Morgan fingerprint density at radius 1 is 0.559 bits per heavy atom. The standard InChI is InChI=1S/2C24H27N7O3/c2*1-17-12-20-13-18(2-4-21(20)24(33)34-17)6-7-29-8-10-30(11-9-29)23(32)14-19-3-5-22(25-15-19)31-16-26-27-28-31/h2*2-5,13,15-17H,6-12,14H2,1H3/t17-;/m0./s1. The van der Waals surface area contributed by atoms with E-state index in [-0.39, 0.29) is 36.0 Å². The predicted octanol–water partition coefficient (Wildman–Crippen LogP) is 2.18. The second-order valence-electron chi connectivity index (χ2n) is 17.7. The Morgan fingerprint density at radius 3 is 1.34 bits per heavy atom. The third-order valence-corrected chi connectivity index (χ3v) is 12.8. The summed E-state index contributed by atoms with van der Waals surface area (Å²) in [5.74, 6) is 1.02. The fraction of sp³-hybridized carbons (Fsp3) is 0.417. The van der Waals surface area contributed by atoms with E-state index >= 15 is 0 Å². The first-order valence-electron chi connectivity index (χ1n) is 23.1. The SMILES string of the molecule is CC1Cc2cc(CCN3CCN(C(=O)Cc4ccc(-n5cnnn5)nc4)CC3)ccc2C(=O)O1.C[C@H]1Cc2cc(CCN3CCN(C(=O)Cc4ccc(-n5cnnn5)nc4)CC3)ccc2C(=O)O1. The molecular formula is C48H54N14O6. The number of fused-ring (bicyclic) bond motifs is 2. The molecule has 2 saturated heterocycles. The van der Waals surface area contributed by atoms with Crippen LogP contribution >= 0.6 is 0 Å². The van der Waals surface area contributed by atoms with Gasteiger partial charge in [0.25, 0.3) is 0 Å². The highest BCUT2D eigenvalue weighted by molar-refractivity contribution is 5.93. The van der Waals surface area contributed by atoms with Crippen LogP contribution in [-0.2, 0) is 57.6 Å². The molecular weight excluding hydrogens is 869 g/mol. The van der Waals surface area contributed by atoms with Gasteiger partial charge in [0, 0.05) is 90.7 Å². The van der Waals surface area contributed by atoms with Crippen molar-refractivity contribution in [3.63, 3.8) is 0 Å². The van der Waals surface area contributed by atoms with E-state index in [2.05, 4.69) is 63.0 Å². The van der Waals surface area contributed by atoms with Crippen LogP contribution in [0.4, 0.5) is 0 Å². The van der Waals surface area contributed by atoms with Gasteiger partial charge in [-0.05, 0) is 105 Å². The highest BCUT2D eigenvalue weighted by Crippen LogP contribution is 2.24. The van der Waals surface area contributed by atoms with Gasteiger partial charge in [-0.1, -0.05) is 36.4 Å². The van der Waals surface area contributed by atoms with E-state index in [1.807, 2.05) is 60.0 Å². The maximum absolute atomic E-state index is 12.8. The number of esters is 2. The van der Waals surface area contributed by atoms with Gasteiger partial charge in [0.05, 0.1) is 24.0 Å². The molecule has 0 saturated carbocycles. The fourth-order valence-corrected chi connectivity index (χ4v) is 8.97. The number of nitrogens with zero attached hydrogens (tertiary/aromatic N) is 14. The summed E-state index contributed by atoms with van der Waals surface area (Å²) in [6, 6.07) is 19.5. The lowest BCUT2D eigenvalue weighted by molar-refractivity contribution is -0.133. The average Bonchev–Trinajstić information content (AvgIpc) is 4.10. The zero-order chi connectivity index (χ0) is 47.0. The second kappa shape index (κ2) is 21.1. The van der Waals surface area contributed by atoms with E-state index in [4.69, 9.17) is 9.47 Å². The minimum Gasteiger partial charge on any atom is -0.459 e. The number of carbonyl (C=O) groups is 4. The van der Waals surface area contributed by atoms with Gasteiger partial charge in [-0.3, -0.25) is 19.4 Å². The Kier molecular flexibility index (Phi) is 14.2. The van der Waals surface area contributed by atoms with Crippen molar-refractivity contribution in [3.8, 4) is 11.6 Å². The molecule has 2 fully saturated rings. The van der Waals surface area contributed by atoms with Crippen molar-refractivity contribution in [3.05, 3.63) is 130 Å². The van der Waals surface area contributed by atoms with Gasteiger partial charge < -0.3 is 19.3 Å². The van der Waals surface area contributed by atoms with Crippen LogP contribution in [0.25, 0.3) is 11.6 Å². The molecule has 0 spiro atoms. The number of cyclic esters (lactones) is 2. The summed E-state index contributed by atoms with van der Waals surface area (Å²) in [6.07, 6.45) is 10.3. The number of ether oxygens (including phenoxy) is 2. The van der Waals surface area contributed by atoms with Gasteiger partial charge in [0.2, 0.25) is 11.8 Å². The molecule has 0 radical (unpaired) electrons. The number of pyridine rings is 2. The molecule has 6 aromatic rings. The van der Waals surface area contributed by atoms with Gasteiger partial charge in [-0.2, -0.15) is 9.36 Å². The topological polar surface area (TPSA) is 213 Å². The summed E-state index contributed by atoms with van der Waals surface area (Å²) in [7, 11) is 0. The lowest BCUT2D eigenvalue weighted by atomic mass is 9.96. The monoisotopic (exact) mass is 922 g/mol. The molecule has 0 aliphatic carbocycles. The number of rotatable bonds is 12. The van der Waals surface area contributed by atoms with Crippen molar-refractivity contribution >= 4 is 23.8 Å². The van der Waals surface area contributed by atoms with E-state index in [1.54, 1.807) is 24.5 Å². The zero-order valence-electron chi connectivity index (χ0n) is 38.3. The van der Waals surface area contributed by atoms with Crippen molar-refractivity contribution in [2.45, 2.75) is 64.6 Å². The molecule has 0 bridgehead atoms. The molecule has 2 amide bonds. The van der Waals surface area contributed by atoms with Crippen LogP contribution in [0.15, 0.2) is 85.7 Å². The van der Waals surface area contributed by atoms with Crippen LogP contribution in [0.2, 0.25) is 0 Å². The van der Waals surface area contributed by atoms with Crippen molar-refractivity contribution in [2.24, 2.45) is 0 Å². The summed E-state index contributed by atoms with van der Waals surface area (Å²) < 4.78 is 13.6. The third-order valence-electron chi connectivity index (χ3n) is 12.8. The first kappa shape index (κ1) is 45.8. The minimum atomic E-state index is -0.222. The molecule has 20 heteroatoms. The number of aromatic nitrogens is 10. The normalized spacial score (nSPS) is 18.4. The maximum Gasteiger partial charge on any atom is 0.338 e. The first-order chi connectivity index (χ1) is 33.1. The van der Waals surface area contributed by atoms with Crippen molar-refractivity contribution in [1.29, 1.82) is 0 Å². The predicted molar refractivity (Wildman–Crippen MR) is 245 cm³/mol. The Balaban J connectivity index is 0.000000170. The number of hydrogen-bond donors (Lipinski definition) is 0. The number of piperazine rings is 2. The number of benzene rings is 2. The molecule has 352 valence electrons. The largest absolute Gasteiger partial charge is 0.459 e. The maximum atomic E-state index is 12.8. The number of carbonyl (C=O) groups excluding carboxylic acids is 4. The highest BCUT2D eigenvalue weighted by atomic mass is 16.5. The van der Waals surface area contributed by atoms with Crippen LogP contribution < -0.4 is 0 Å². The molecule has 2 aromatic carbocycles. The third kappa shape index (κ3) is 11.4. The smallest absolute Gasteiger partial charge is 0.338 e. The Morgan fingerprint density at radius 2 is 0.971 bits per heavy atom. The number of hydrogen-bond acceptors (Lipinski definition) is 16. The van der Waals surface area contributed by atoms with Gasteiger partial charge in [0.15, 0.2) is 11.6 Å². The van der Waals surface area contributed by atoms with Gasteiger partial charge in [-0.15, -0.1) is 10.2 Å². The van der Waals surface area contributed by atoms with Gasteiger partial charge >= 0.3 is 11.9 Å². The zero-order valence-corrected chi connectivity index (χ0v) is 38.3. The van der Waals surface area contributed by atoms with Crippen molar-refractivity contribution < 1.29 is 28.7 Å².